The molecule has 7 nitrogen and oxygen atoms in total. The van der Waals surface area contributed by atoms with Crippen molar-refractivity contribution in [3.05, 3.63) is 25.9 Å². The molecule has 0 N–H and O–H groups in total. The molecule has 1 aromatic rings. The highest BCUT2D eigenvalue weighted by molar-refractivity contribution is 7.14. The van der Waals surface area contributed by atoms with E-state index in [2.05, 4.69) is 0 Å². The van der Waals surface area contributed by atoms with Crippen LogP contribution in [0.1, 0.15) is 47.7 Å². The second kappa shape index (κ2) is 7.08. The fourth-order valence-corrected chi connectivity index (χ4v) is 3.82. The van der Waals surface area contributed by atoms with Gasteiger partial charge in [0, 0.05) is 18.2 Å². The molecule has 8 heteroatoms. The lowest BCUT2D eigenvalue weighted by Crippen LogP contribution is -2.49. The fourth-order valence-electron chi connectivity index (χ4n) is 2.94. The van der Waals surface area contributed by atoms with E-state index in [-0.39, 0.29) is 35.2 Å². The number of hydrogen-bond acceptors (Lipinski definition) is 6. The molecule has 1 aliphatic rings. The molecule has 2 rings (SSSR count). The van der Waals surface area contributed by atoms with Crippen LogP contribution in [0.2, 0.25) is 0 Å². The number of carbonyl (C=O) groups excluding carboxylic acids is 2. The van der Waals surface area contributed by atoms with Gasteiger partial charge in [-0.3, -0.25) is 14.9 Å². The van der Waals surface area contributed by atoms with Crippen LogP contribution in [-0.2, 0) is 9.53 Å². The lowest BCUT2D eigenvalue weighted by atomic mass is 9.97. The van der Waals surface area contributed by atoms with Crippen molar-refractivity contribution in [1.82, 2.24) is 4.90 Å². The van der Waals surface area contributed by atoms with Gasteiger partial charge in [-0.25, -0.2) is 4.79 Å². The molecule has 1 saturated heterocycles. The molecular formula is C15H20N2O5S. The van der Waals surface area contributed by atoms with Gasteiger partial charge in [0.15, 0.2) is 6.61 Å². The topological polar surface area (TPSA) is 89.8 Å². The molecule has 0 spiro atoms. The van der Waals surface area contributed by atoms with Crippen molar-refractivity contribution in [2.45, 2.75) is 52.1 Å². The third-order valence-electron chi connectivity index (χ3n) is 4.10. The van der Waals surface area contributed by atoms with E-state index in [1.165, 1.54) is 6.07 Å². The van der Waals surface area contributed by atoms with E-state index < -0.39 is 10.9 Å². The Hall–Kier alpha value is -1.96. The minimum Gasteiger partial charge on any atom is -0.451 e. The fraction of sp³-hybridized carbons (Fsp3) is 0.600. The van der Waals surface area contributed by atoms with Crippen LogP contribution >= 0.6 is 11.3 Å². The van der Waals surface area contributed by atoms with Gasteiger partial charge in [0.2, 0.25) is 0 Å². The number of nitrogens with zero attached hydrogens (tertiary/aromatic N) is 2. The molecule has 1 amide bonds. The summed E-state index contributed by atoms with van der Waals surface area (Å²) in [7, 11) is 0. The van der Waals surface area contributed by atoms with Gasteiger partial charge in [0.05, 0.1) is 9.80 Å². The van der Waals surface area contributed by atoms with Crippen LogP contribution in [0.3, 0.4) is 0 Å². The van der Waals surface area contributed by atoms with Crippen molar-refractivity contribution in [3.63, 3.8) is 0 Å². The van der Waals surface area contributed by atoms with Gasteiger partial charge in [0.25, 0.3) is 11.6 Å². The van der Waals surface area contributed by atoms with E-state index >= 15 is 0 Å². The number of nitro groups is 1. The SMILES string of the molecule is Cc1sc(C(=O)OCC(=O)N2[C@@H](C)CCC[C@@H]2C)cc1[N+](=O)[O-]. The second-order valence-electron chi connectivity index (χ2n) is 5.82. The monoisotopic (exact) mass is 340 g/mol. The molecule has 1 aliphatic heterocycles. The minimum atomic E-state index is -0.697. The highest BCUT2D eigenvalue weighted by atomic mass is 32.1. The maximum Gasteiger partial charge on any atom is 0.349 e. The summed E-state index contributed by atoms with van der Waals surface area (Å²) in [6.07, 6.45) is 2.98. The summed E-state index contributed by atoms with van der Waals surface area (Å²) in [5, 5.41) is 10.8. The minimum absolute atomic E-state index is 0.105. The van der Waals surface area contributed by atoms with E-state index in [1.807, 2.05) is 13.8 Å². The van der Waals surface area contributed by atoms with Crippen molar-refractivity contribution in [2.24, 2.45) is 0 Å². The number of ether oxygens (including phenoxy) is 1. The maximum absolute atomic E-state index is 12.3. The highest BCUT2D eigenvalue weighted by Gasteiger charge is 2.30. The zero-order valence-corrected chi connectivity index (χ0v) is 14.2. The molecule has 2 atom stereocenters. The molecule has 1 aromatic heterocycles. The van der Waals surface area contributed by atoms with Gasteiger partial charge in [0.1, 0.15) is 4.88 Å². The molecule has 0 radical (unpaired) electrons. The second-order valence-corrected chi connectivity index (χ2v) is 7.07. The summed E-state index contributed by atoms with van der Waals surface area (Å²) in [5.74, 6) is -0.919. The van der Waals surface area contributed by atoms with Gasteiger partial charge in [-0.2, -0.15) is 0 Å². The largest absolute Gasteiger partial charge is 0.451 e. The Morgan fingerprint density at radius 2 is 2.00 bits per heavy atom. The van der Waals surface area contributed by atoms with Gasteiger partial charge in [-0.1, -0.05) is 0 Å². The smallest absolute Gasteiger partial charge is 0.349 e. The first kappa shape index (κ1) is 17.4. The lowest BCUT2D eigenvalue weighted by Gasteiger charge is -2.38. The molecule has 126 valence electrons. The molecular weight excluding hydrogens is 320 g/mol. The van der Waals surface area contributed by atoms with Gasteiger partial charge in [-0.05, 0) is 40.0 Å². The van der Waals surface area contributed by atoms with E-state index in [0.29, 0.717) is 4.88 Å². The summed E-state index contributed by atoms with van der Waals surface area (Å²) in [5.41, 5.74) is -0.105. The molecule has 0 saturated carbocycles. The number of rotatable bonds is 4. The van der Waals surface area contributed by atoms with E-state index in [0.717, 1.165) is 30.6 Å². The average Bonchev–Trinajstić information content (AvgIpc) is 2.87. The summed E-state index contributed by atoms with van der Waals surface area (Å²) >= 11 is 0.998. The first-order valence-corrected chi connectivity index (χ1v) is 8.36. The van der Waals surface area contributed by atoms with E-state index in [9.17, 15) is 19.7 Å². The van der Waals surface area contributed by atoms with Crippen molar-refractivity contribution >= 4 is 28.9 Å². The summed E-state index contributed by atoms with van der Waals surface area (Å²) in [6.45, 7) is 5.21. The number of hydrogen-bond donors (Lipinski definition) is 0. The van der Waals surface area contributed by atoms with E-state index in [4.69, 9.17) is 4.74 Å². The van der Waals surface area contributed by atoms with Crippen LogP contribution in [0.4, 0.5) is 5.69 Å². The first-order valence-electron chi connectivity index (χ1n) is 7.54. The zero-order chi connectivity index (χ0) is 17.1. The molecule has 0 bridgehead atoms. The summed E-state index contributed by atoms with van der Waals surface area (Å²) < 4.78 is 5.05. The van der Waals surface area contributed by atoms with Crippen LogP contribution < -0.4 is 0 Å². The number of aryl methyl sites for hydroxylation is 1. The van der Waals surface area contributed by atoms with Crippen LogP contribution in [0.5, 0.6) is 0 Å². The highest BCUT2D eigenvalue weighted by Crippen LogP contribution is 2.28. The number of carbonyl (C=O) groups is 2. The predicted molar refractivity (Wildman–Crippen MR) is 85.6 cm³/mol. The molecule has 0 aromatic carbocycles. The molecule has 23 heavy (non-hydrogen) atoms. The lowest BCUT2D eigenvalue weighted by molar-refractivity contribution is -0.385. The van der Waals surface area contributed by atoms with Crippen molar-refractivity contribution in [1.29, 1.82) is 0 Å². The van der Waals surface area contributed by atoms with E-state index in [1.54, 1.807) is 11.8 Å². The van der Waals surface area contributed by atoms with Gasteiger partial charge in [-0.15, -0.1) is 11.3 Å². The number of amides is 1. The van der Waals surface area contributed by atoms with Crippen LogP contribution in [0, 0.1) is 17.0 Å². The Labute approximate surface area is 138 Å². The van der Waals surface area contributed by atoms with Crippen molar-refractivity contribution < 1.29 is 19.2 Å². The Kier molecular flexibility index (Phi) is 5.35. The first-order chi connectivity index (χ1) is 10.8. The summed E-state index contributed by atoms with van der Waals surface area (Å²) in [6, 6.07) is 1.46. The quantitative estimate of drug-likeness (QED) is 0.477. The summed E-state index contributed by atoms with van der Waals surface area (Å²) in [4.78, 5) is 36.9. The Morgan fingerprint density at radius 1 is 1.39 bits per heavy atom. The maximum atomic E-state index is 12.3. The van der Waals surface area contributed by atoms with Crippen LogP contribution in [-0.4, -0.2) is 40.4 Å². The zero-order valence-electron chi connectivity index (χ0n) is 13.4. The third-order valence-corrected chi connectivity index (χ3v) is 5.12. The Bertz CT molecular complexity index is 617. The predicted octanol–water partition coefficient (Wildman–Crippen LogP) is 2.91. The molecule has 2 heterocycles. The van der Waals surface area contributed by atoms with Crippen LogP contribution in [0.25, 0.3) is 0 Å². The average molecular weight is 340 g/mol. The van der Waals surface area contributed by atoms with Crippen molar-refractivity contribution in [3.8, 4) is 0 Å². The number of piperidine rings is 1. The molecule has 1 fully saturated rings. The van der Waals surface area contributed by atoms with Gasteiger partial charge < -0.3 is 9.64 Å². The Morgan fingerprint density at radius 3 is 2.52 bits per heavy atom. The van der Waals surface area contributed by atoms with Gasteiger partial charge >= 0.3 is 5.97 Å². The normalized spacial score (nSPS) is 21.1. The Balaban J connectivity index is 1.97. The van der Waals surface area contributed by atoms with Crippen molar-refractivity contribution in [2.75, 3.05) is 6.61 Å². The molecule has 0 unspecified atom stereocenters. The number of likely N-dealkylation sites (tertiary alicyclic amines) is 1. The number of thiophene rings is 1. The molecule has 0 aliphatic carbocycles. The number of esters is 1. The third kappa shape index (κ3) is 3.87. The standard InChI is InChI=1S/C15H20N2O5S/c1-9-5-4-6-10(2)16(9)14(18)8-22-15(19)13-7-12(17(20)21)11(3)23-13/h7,9-10H,4-6,8H2,1-3H3/t9-,10-/m0/s1. The van der Waals surface area contributed by atoms with Crippen LogP contribution in [0.15, 0.2) is 6.07 Å².